The molecule has 30 heavy (non-hydrogen) atoms. The molecule has 0 unspecified atom stereocenters. The van der Waals surface area contributed by atoms with E-state index >= 15 is 0 Å². The molecule has 0 aliphatic heterocycles. The van der Waals surface area contributed by atoms with Crippen LogP contribution in [0.15, 0.2) is 66.7 Å². The summed E-state index contributed by atoms with van der Waals surface area (Å²) in [5.41, 5.74) is 1.47. The quantitative estimate of drug-likeness (QED) is 0.433. The third kappa shape index (κ3) is 5.14. The maximum Gasteiger partial charge on any atom is 0.408 e. The molecule has 0 aromatic heterocycles. The van der Waals surface area contributed by atoms with E-state index in [4.69, 9.17) is 4.74 Å². The number of aryl methyl sites for hydroxylation is 1. The minimum Gasteiger partial charge on any atom is -0.444 e. The first-order chi connectivity index (χ1) is 14.1. The van der Waals surface area contributed by atoms with Gasteiger partial charge in [0, 0.05) is 10.5 Å². The summed E-state index contributed by atoms with van der Waals surface area (Å²) in [5.74, 6) is 0. The molecule has 1 N–H and O–H groups in total. The molecule has 1 amide bonds. The standard InChI is InChI=1S/C24H26N2O4/c1-16-9-11-18(12-10-16)21(25-23(27)30-24(2,3)4)22(26(28)29)20-14-13-17-7-5-6-8-19(17)15-20/h5-15,21-22H,1-4H3,(H,25,27)/t21-,22+/m1/s1. The summed E-state index contributed by atoms with van der Waals surface area (Å²) in [5, 5.41) is 16.8. The zero-order valence-corrected chi connectivity index (χ0v) is 17.6. The molecule has 2 atom stereocenters. The second-order valence-electron chi connectivity index (χ2n) is 8.37. The van der Waals surface area contributed by atoms with E-state index < -0.39 is 23.8 Å². The second kappa shape index (κ2) is 8.53. The Morgan fingerprint density at radius 3 is 2.17 bits per heavy atom. The van der Waals surface area contributed by atoms with Crippen molar-refractivity contribution >= 4 is 16.9 Å². The van der Waals surface area contributed by atoms with E-state index in [2.05, 4.69) is 5.32 Å². The molecule has 3 aromatic carbocycles. The lowest BCUT2D eigenvalue weighted by atomic mass is 9.92. The molecule has 6 heteroatoms. The number of carbonyl (C=O) groups excluding carboxylic acids is 1. The SMILES string of the molecule is Cc1ccc([C@@H](NC(=O)OC(C)(C)C)[C@H](c2ccc3ccccc3c2)[N+](=O)[O-])cc1. The van der Waals surface area contributed by atoms with E-state index in [1.807, 2.05) is 49.4 Å². The van der Waals surface area contributed by atoms with Crippen molar-refractivity contribution in [2.45, 2.75) is 45.4 Å². The van der Waals surface area contributed by atoms with Gasteiger partial charge in [-0.2, -0.15) is 0 Å². The fourth-order valence-corrected chi connectivity index (χ4v) is 3.38. The summed E-state index contributed by atoms with van der Waals surface area (Å²) >= 11 is 0. The number of nitrogens with one attached hydrogen (secondary N) is 1. The molecule has 0 saturated carbocycles. The van der Waals surface area contributed by atoms with Crippen LogP contribution in [0.25, 0.3) is 10.8 Å². The lowest BCUT2D eigenvalue weighted by Gasteiger charge is -2.26. The van der Waals surface area contributed by atoms with Crippen LogP contribution in [-0.4, -0.2) is 16.6 Å². The zero-order chi connectivity index (χ0) is 21.9. The molecule has 0 heterocycles. The molecule has 0 spiro atoms. The van der Waals surface area contributed by atoms with Crippen molar-refractivity contribution < 1.29 is 14.5 Å². The van der Waals surface area contributed by atoms with Gasteiger partial charge in [0.1, 0.15) is 11.6 Å². The Balaban J connectivity index is 2.05. The Bertz CT molecular complexity index is 1050. The van der Waals surface area contributed by atoms with Crippen molar-refractivity contribution in [2.24, 2.45) is 0 Å². The maximum absolute atomic E-state index is 12.5. The molecule has 0 aliphatic rings. The topological polar surface area (TPSA) is 81.5 Å². The van der Waals surface area contributed by atoms with Gasteiger partial charge in [0.25, 0.3) is 6.04 Å². The van der Waals surface area contributed by atoms with Gasteiger partial charge in [0.05, 0.1) is 0 Å². The van der Waals surface area contributed by atoms with Crippen LogP contribution in [0.3, 0.4) is 0 Å². The third-order valence-corrected chi connectivity index (χ3v) is 4.77. The van der Waals surface area contributed by atoms with Crippen molar-refractivity contribution in [1.82, 2.24) is 5.32 Å². The largest absolute Gasteiger partial charge is 0.444 e. The zero-order valence-electron chi connectivity index (χ0n) is 17.6. The highest BCUT2D eigenvalue weighted by Gasteiger charge is 2.37. The Labute approximate surface area is 176 Å². The monoisotopic (exact) mass is 406 g/mol. The molecule has 0 radical (unpaired) electrons. The van der Waals surface area contributed by atoms with Crippen molar-refractivity contribution in [3.05, 3.63) is 93.5 Å². The Hall–Kier alpha value is -3.41. The first-order valence-corrected chi connectivity index (χ1v) is 9.82. The van der Waals surface area contributed by atoms with Gasteiger partial charge in [-0.3, -0.25) is 10.1 Å². The highest BCUT2D eigenvalue weighted by atomic mass is 16.6. The number of fused-ring (bicyclic) bond motifs is 1. The van der Waals surface area contributed by atoms with Gasteiger partial charge in [-0.1, -0.05) is 66.2 Å². The molecule has 6 nitrogen and oxygen atoms in total. The van der Waals surface area contributed by atoms with Crippen molar-refractivity contribution in [3.8, 4) is 0 Å². The Morgan fingerprint density at radius 2 is 1.57 bits per heavy atom. The van der Waals surface area contributed by atoms with Crippen LogP contribution in [-0.2, 0) is 4.74 Å². The van der Waals surface area contributed by atoms with E-state index in [1.165, 1.54) is 0 Å². The van der Waals surface area contributed by atoms with E-state index in [0.29, 0.717) is 11.1 Å². The number of nitrogens with zero attached hydrogens (tertiary/aromatic N) is 1. The smallest absolute Gasteiger partial charge is 0.408 e. The molecular formula is C24H26N2O4. The normalized spacial score (nSPS) is 13.5. The van der Waals surface area contributed by atoms with Crippen LogP contribution in [0.1, 0.15) is 49.5 Å². The maximum atomic E-state index is 12.5. The van der Waals surface area contributed by atoms with Crippen LogP contribution in [0.4, 0.5) is 4.79 Å². The average Bonchev–Trinajstić information content (AvgIpc) is 2.66. The number of hydrogen-bond acceptors (Lipinski definition) is 4. The van der Waals surface area contributed by atoms with Gasteiger partial charge in [-0.25, -0.2) is 4.79 Å². The second-order valence-corrected chi connectivity index (χ2v) is 8.37. The fourth-order valence-electron chi connectivity index (χ4n) is 3.38. The number of hydrogen-bond donors (Lipinski definition) is 1. The summed E-state index contributed by atoms with van der Waals surface area (Å²) in [6, 6.07) is 18.4. The first-order valence-electron chi connectivity index (χ1n) is 9.82. The van der Waals surface area contributed by atoms with Crippen LogP contribution < -0.4 is 5.32 Å². The minimum absolute atomic E-state index is 0.355. The number of amides is 1. The van der Waals surface area contributed by atoms with Crippen LogP contribution in [0, 0.1) is 17.0 Å². The van der Waals surface area contributed by atoms with E-state index in [1.54, 1.807) is 45.0 Å². The predicted octanol–water partition coefficient (Wildman–Crippen LogP) is 5.73. The molecule has 0 aliphatic carbocycles. The summed E-state index contributed by atoms with van der Waals surface area (Å²) in [7, 11) is 0. The van der Waals surface area contributed by atoms with Gasteiger partial charge in [-0.15, -0.1) is 0 Å². The number of ether oxygens (including phenoxy) is 1. The third-order valence-electron chi connectivity index (χ3n) is 4.77. The highest BCUT2D eigenvalue weighted by molar-refractivity contribution is 5.83. The van der Waals surface area contributed by atoms with Crippen molar-refractivity contribution in [1.29, 1.82) is 0 Å². The van der Waals surface area contributed by atoms with Gasteiger partial charge in [0.15, 0.2) is 0 Å². The molecule has 0 bridgehead atoms. The minimum atomic E-state index is -1.18. The van der Waals surface area contributed by atoms with Crippen molar-refractivity contribution in [3.63, 3.8) is 0 Å². The van der Waals surface area contributed by atoms with Crippen LogP contribution in [0.2, 0.25) is 0 Å². The van der Waals surface area contributed by atoms with E-state index in [0.717, 1.165) is 16.3 Å². The summed E-state index contributed by atoms with van der Waals surface area (Å²) in [6.07, 6.45) is -0.694. The summed E-state index contributed by atoms with van der Waals surface area (Å²) < 4.78 is 5.38. The number of benzene rings is 3. The summed E-state index contributed by atoms with van der Waals surface area (Å²) in [4.78, 5) is 24.4. The number of alkyl carbamates (subject to hydrolysis) is 1. The fraction of sp³-hybridized carbons (Fsp3) is 0.292. The number of nitro groups is 1. The highest BCUT2D eigenvalue weighted by Crippen LogP contribution is 2.34. The van der Waals surface area contributed by atoms with Crippen molar-refractivity contribution in [2.75, 3.05) is 0 Å². The molecule has 0 fully saturated rings. The number of rotatable bonds is 5. The van der Waals surface area contributed by atoms with Crippen LogP contribution in [0.5, 0.6) is 0 Å². The van der Waals surface area contributed by atoms with Gasteiger partial charge in [0.2, 0.25) is 0 Å². The predicted molar refractivity (Wildman–Crippen MR) is 117 cm³/mol. The average molecular weight is 406 g/mol. The Kier molecular flexibility index (Phi) is 6.06. The molecule has 3 aromatic rings. The van der Waals surface area contributed by atoms with E-state index in [9.17, 15) is 14.9 Å². The van der Waals surface area contributed by atoms with Gasteiger partial charge < -0.3 is 10.1 Å². The number of carbonyl (C=O) groups is 1. The van der Waals surface area contributed by atoms with Gasteiger partial charge >= 0.3 is 6.09 Å². The molecule has 156 valence electrons. The Morgan fingerprint density at radius 1 is 0.967 bits per heavy atom. The van der Waals surface area contributed by atoms with Crippen LogP contribution >= 0.6 is 0 Å². The first kappa shape index (κ1) is 21.3. The molecular weight excluding hydrogens is 380 g/mol. The van der Waals surface area contributed by atoms with E-state index in [-0.39, 0.29) is 4.92 Å². The molecule has 3 rings (SSSR count). The molecule has 0 saturated heterocycles. The summed E-state index contributed by atoms with van der Waals surface area (Å²) in [6.45, 7) is 7.19. The van der Waals surface area contributed by atoms with Gasteiger partial charge in [-0.05, 0) is 50.1 Å². The lowest BCUT2D eigenvalue weighted by molar-refractivity contribution is -0.534. The lowest BCUT2D eigenvalue weighted by Crippen LogP contribution is -2.39.